The van der Waals surface area contributed by atoms with Crippen LogP contribution >= 0.6 is 0 Å². The van der Waals surface area contributed by atoms with Gasteiger partial charge < -0.3 is 10.3 Å². The number of para-hydroxylation sites is 1. The third-order valence-corrected chi connectivity index (χ3v) is 2.58. The molecule has 3 nitrogen and oxygen atoms in total. The van der Waals surface area contributed by atoms with Crippen molar-refractivity contribution in [3.05, 3.63) is 35.7 Å². The van der Waals surface area contributed by atoms with Crippen LogP contribution in [0.5, 0.6) is 0 Å². The predicted octanol–water partition coefficient (Wildman–Crippen LogP) is 1.85. The van der Waals surface area contributed by atoms with E-state index < -0.39 is 0 Å². The summed E-state index contributed by atoms with van der Waals surface area (Å²) in [6.45, 7) is 2.57. The summed E-state index contributed by atoms with van der Waals surface area (Å²) < 4.78 is 2.10. The van der Waals surface area contributed by atoms with Crippen molar-refractivity contribution in [2.75, 3.05) is 6.54 Å². The molecular weight excluding hydrogens is 186 g/mol. The van der Waals surface area contributed by atoms with Gasteiger partial charge in [0.1, 0.15) is 5.82 Å². The molecule has 0 radical (unpaired) electrons. The molecule has 0 fully saturated rings. The minimum absolute atomic E-state index is 0.563. The van der Waals surface area contributed by atoms with Crippen molar-refractivity contribution in [3.8, 4) is 0 Å². The molecule has 1 aromatic carbocycles. The van der Waals surface area contributed by atoms with E-state index in [0.717, 1.165) is 11.3 Å². The summed E-state index contributed by atoms with van der Waals surface area (Å²) in [7, 11) is 2.03. The van der Waals surface area contributed by atoms with Gasteiger partial charge in [-0.05, 0) is 13.0 Å². The largest absolute Gasteiger partial charge is 0.331 e. The molecule has 1 heterocycles. The van der Waals surface area contributed by atoms with Gasteiger partial charge in [0.15, 0.2) is 0 Å². The van der Waals surface area contributed by atoms with Gasteiger partial charge >= 0.3 is 0 Å². The van der Waals surface area contributed by atoms with Crippen LogP contribution in [0.3, 0.4) is 0 Å². The number of aryl methyl sites for hydroxylation is 2. The summed E-state index contributed by atoms with van der Waals surface area (Å²) in [6.07, 6.45) is 4.00. The van der Waals surface area contributed by atoms with E-state index in [1.54, 1.807) is 0 Å². The summed E-state index contributed by atoms with van der Waals surface area (Å²) in [5, 5.41) is 0. The number of nitrogens with zero attached hydrogens (tertiary/aromatic N) is 2. The third-order valence-electron chi connectivity index (χ3n) is 2.58. The van der Waals surface area contributed by atoms with E-state index in [2.05, 4.69) is 15.6 Å². The Labute approximate surface area is 89.2 Å². The molecule has 0 bridgehead atoms. The van der Waals surface area contributed by atoms with Crippen molar-refractivity contribution in [3.63, 3.8) is 0 Å². The van der Waals surface area contributed by atoms with Crippen LogP contribution in [-0.2, 0) is 7.05 Å². The third kappa shape index (κ3) is 1.66. The molecule has 2 aromatic rings. The zero-order chi connectivity index (χ0) is 10.8. The van der Waals surface area contributed by atoms with Crippen LogP contribution in [0, 0.1) is 6.92 Å². The van der Waals surface area contributed by atoms with E-state index in [1.165, 1.54) is 11.1 Å². The van der Waals surface area contributed by atoms with Crippen LogP contribution in [0.15, 0.2) is 24.3 Å². The number of hydrogen-bond donors (Lipinski definition) is 1. The van der Waals surface area contributed by atoms with E-state index in [0.29, 0.717) is 6.54 Å². The quantitative estimate of drug-likeness (QED) is 0.805. The lowest BCUT2D eigenvalue weighted by Crippen LogP contribution is -1.94. The molecule has 0 spiro atoms. The van der Waals surface area contributed by atoms with Crippen molar-refractivity contribution in [2.45, 2.75) is 6.92 Å². The van der Waals surface area contributed by atoms with Crippen LogP contribution in [0.4, 0.5) is 0 Å². The molecule has 3 heteroatoms. The molecule has 2 rings (SSSR count). The van der Waals surface area contributed by atoms with Crippen molar-refractivity contribution >= 4 is 17.1 Å². The highest BCUT2D eigenvalue weighted by Crippen LogP contribution is 2.20. The van der Waals surface area contributed by atoms with Gasteiger partial charge in [-0.2, -0.15) is 0 Å². The number of aromatic nitrogens is 2. The first-order chi connectivity index (χ1) is 7.24. The maximum atomic E-state index is 5.45. The van der Waals surface area contributed by atoms with E-state index in [1.807, 2.05) is 38.3 Å². The second-order valence-corrected chi connectivity index (χ2v) is 3.57. The molecule has 78 valence electrons. The molecule has 0 aliphatic rings. The van der Waals surface area contributed by atoms with Crippen LogP contribution < -0.4 is 5.73 Å². The number of rotatable bonds is 2. The summed E-state index contributed by atoms with van der Waals surface area (Å²) >= 11 is 0. The average Bonchev–Trinajstić information content (AvgIpc) is 2.53. The van der Waals surface area contributed by atoms with Gasteiger partial charge in [0.25, 0.3) is 0 Å². The molecule has 0 aliphatic heterocycles. The first-order valence-corrected chi connectivity index (χ1v) is 5.02. The number of hydrogen-bond acceptors (Lipinski definition) is 2. The molecule has 0 aliphatic carbocycles. The number of imidazole rings is 1. The van der Waals surface area contributed by atoms with Crippen LogP contribution in [0.25, 0.3) is 17.1 Å². The first-order valence-electron chi connectivity index (χ1n) is 5.02. The zero-order valence-electron chi connectivity index (χ0n) is 9.07. The Morgan fingerprint density at radius 1 is 1.47 bits per heavy atom. The van der Waals surface area contributed by atoms with Crippen LogP contribution in [0.1, 0.15) is 11.4 Å². The Morgan fingerprint density at radius 3 is 3.00 bits per heavy atom. The van der Waals surface area contributed by atoms with E-state index in [9.17, 15) is 0 Å². The second kappa shape index (κ2) is 3.87. The van der Waals surface area contributed by atoms with Crippen molar-refractivity contribution in [1.82, 2.24) is 9.55 Å². The fraction of sp³-hybridized carbons (Fsp3) is 0.250. The lowest BCUT2D eigenvalue weighted by molar-refractivity contribution is 0.885. The number of nitrogens with two attached hydrogens (primary N) is 1. The van der Waals surface area contributed by atoms with Gasteiger partial charge in [0.05, 0.1) is 11.0 Å². The molecule has 0 amide bonds. The first kappa shape index (κ1) is 9.93. The average molecular weight is 201 g/mol. The fourth-order valence-corrected chi connectivity index (χ4v) is 1.74. The van der Waals surface area contributed by atoms with Crippen molar-refractivity contribution < 1.29 is 0 Å². The summed E-state index contributed by atoms with van der Waals surface area (Å²) in [5.74, 6) is 1.03. The second-order valence-electron chi connectivity index (χ2n) is 3.57. The van der Waals surface area contributed by atoms with Gasteiger partial charge in [-0.15, -0.1) is 0 Å². The highest BCUT2D eigenvalue weighted by molar-refractivity contribution is 5.85. The van der Waals surface area contributed by atoms with Crippen LogP contribution in [-0.4, -0.2) is 16.1 Å². The molecular formula is C12H15N3. The molecule has 0 unspecified atom stereocenters. The molecule has 0 atom stereocenters. The van der Waals surface area contributed by atoms with Gasteiger partial charge in [-0.25, -0.2) is 4.98 Å². The van der Waals surface area contributed by atoms with Crippen molar-refractivity contribution in [1.29, 1.82) is 0 Å². The normalized spacial score (nSPS) is 11.7. The maximum Gasteiger partial charge on any atom is 0.106 e. The van der Waals surface area contributed by atoms with E-state index in [4.69, 9.17) is 5.73 Å². The Balaban J connectivity index is 2.68. The lowest BCUT2D eigenvalue weighted by atomic mass is 10.1. The lowest BCUT2D eigenvalue weighted by Gasteiger charge is -2.00. The zero-order valence-corrected chi connectivity index (χ0v) is 9.07. The summed E-state index contributed by atoms with van der Waals surface area (Å²) in [5.41, 5.74) is 8.82. The standard InChI is InChI=1S/C12H15N3/c1-9-14-11-7-3-5-10(6-4-8-13)12(11)15(9)2/h3-7H,8,13H2,1-2H3/b6-4+. The summed E-state index contributed by atoms with van der Waals surface area (Å²) in [6, 6.07) is 6.13. The molecule has 15 heavy (non-hydrogen) atoms. The maximum absolute atomic E-state index is 5.45. The van der Waals surface area contributed by atoms with Crippen LogP contribution in [0.2, 0.25) is 0 Å². The Kier molecular flexibility index (Phi) is 2.56. The topological polar surface area (TPSA) is 43.8 Å². The van der Waals surface area contributed by atoms with Gasteiger partial charge in [0.2, 0.25) is 0 Å². The van der Waals surface area contributed by atoms with E-state index in [-0.39, 0.29) is 0 Å². The monoisotopic (exact) mass is 201 g/mol. The molecule has 2 N–H and O–H groups in total. The fourth-order valence-electron chi connectivity index (χ4n) is 1.74. The summed E-state index contributed by atoms with van der Waals surface area (Å²) in [4.78, 5) is 4.48. The minimum Gasteiger partial charge on any atom is -0.331 e. The number of benzene rings is 1. The Bertz CT molecular complexity index is 509. The minimum atomic E-state index is 0.563. The molecule has 0 saturated carbocycles. The highest BCUT2D eigenvalue weighted by atomic mass is 15.0. The molecule has 0 saturated heterocycles. The van der Waals surface area contributed by atoms with Crippen molar-refractivity contribution in [2.24, 2.45) is 12.8 Å². The van der Waals surface area contributed by atoms with Gasteiger partial charge in [0, 0.05) is 19.2 Å². The molecule has 1 aromatic heterocycles. The predicted molar refractivity (Wildman–Crippen MR) is 63.5 cm³/mol. The number of fused-ring (bicyclic) bond motifs is 1. The Morgan fingerprint density at radius 2 is 2.27 bits per heavy atom. The smallest absolute Gasteiger partial charge is 0.106 e. The van der Waals surface area contributed by atoms with Gasteiger partial charge in [-0.1, -0.05) is 24.3 Å². The van der Waals surface area contributed by atoms with Gasteiger partial charge in [-0.3, -0.25) is 0 Å². The highest BCUT2D eigenvalue weighted by Gasteiger charge is 2.05. The van der Waals surface area contributed by atoms with E-state index >= 15 is 0 Å². The SMILES string of the molecule is Cc1nc2cccc(/C=C/CN)c2n1C. The Hall–Kier alpha value is -1.61.